The van der Waals surface area contributed by atoms with Gasteiger partial charge in [-0.15, -0.1) is 0 Å². The molecule has 0 heterocycles. The molecule has 0 aliphatic carbocycles. The summed E-state index contributed by atoms with van der Waals surface area (Å²) in [6.07, 6.45) is 1.86. The van der Waals surface area contributed by atoms with Gasteiger partial charge in [-0.3, -0.25) is 4.79 Å². The molecule has 2 amide bonds. The van der Waals surface area contributed by atoms with Gasteiger partial charge < -0.3 is 15.3 Å². The summed E-state index contributed by atoms with van der Waals surface area (Å²) in [6.45, 7) is 10.8. The van der Waals surface area contributed by atoms with Crippen LogP contribution in [0, 0.1) is 17.8 Å². The summed E-state index contributed by atoms with van der Waals surface area (Å²) in [5.41, 5.74) is 0. The lowest BCUT2D eigenvalue weighted by atomic mass is 9.94. The highest BCUT2D eigenvalue weighted by Gasteiger charge is 2.20. The van der Waals surface area contributed by atoms with E-state index in [2.05, 4.69) is 33.0 Å². The fourth-order valence-corrected chi connectivity index (χ4v) is 2.55. The molecule has 124 valence electrons. The van der Waals surface area contributed by atoms with Gasteiger partial charge in [0, 0.05) is 26.1 Å². The molecule has 0 rings (SSSR count). The van der Waals surface area contributed by atoms with E-state index in [1.54, 1.807) is 11.9 Å². The van der Waals surface area contributed by atoms with Crippen molar-refractivity contribution in [2.24, 2.45) is 17.8 Å². The number of nitrogens with zero attached hydrogens (tertiary/aromatic N) is 1. The van der Waals surface area contributed by atoms with Gasteiger partial charge >= 0.3 is 12.0 Å². The zero-order valence-electron chi connectivity index (χ0n) is 14.3. The van der Waals surface area contributed by atoms with Crippen LogP contribution in [0.2, 0.25) is 0 Å². The molecule has 0 fully saturated rings. The number of rotatable bonds is 9. The van der Waals surface area contributed by atoms with Gasteiger partial charge in [-0.2, -0.15) is 0 Å². The third-order valence-electron chi connectivity index (χ3n) is 3.60. The van der Waals surface area contributed by atoms with Crippen LogP contribution in [0.25, 0.3) is 0 Å². The second-order valence-corrected chi connectivity index (χ2v) is 6.87. The average molecular weight is 300 g/mol. The molecule has 0 aromatic heterocycles. The molecule has 0 aliphatic heterocycles. The van der Waals surface area contributed by atoms with Crippen molar-refractivity contribution < 1.29 is 14.7 Å². The lowest BCUT2D eigenvalue weighted by molar-refractivity contribution is -0.138. The van der Waals surface area contributed by atoms with Crippen LogP contribution in [-0.2, 0) is 4.79 Å². The number of carbonyl (C=O) groups excluding carboxylic acids is 1. The number of carbonyl (C=O) groups is 2. The van der Waals surface area contributed by atoms with E-state index in [0.717, 1.165) is 12.8 Å². The fraction of sp³-hybridized carbons (Fsp3) is 0.875. The van der Waals surface area contributed by atoms with Crippen molar-refractivity contribution in [3.63, 3.8) is 0 Å². The van der Waals surface area contributed by atoms with Gasteiger partial charge in [0.15, 0.2) is 0 Å². The van der Waals surface area contributed by atoms with Crippen molar-refractivity contribution in [2.75, 3.05) is 13.6 Å². The van der Waals surface area contributed by atoms with E-state index in [1.165, 1.54) is 0 Å². The number of nitrogens with one attached hydrogen (secondary N) is 1. The second-order valence-electron chi connectivity index (χ2n) is 6.87. The summed E-state index contributed by atoms with van der Waals surface area (Å²) in [5, 5.41) is 11.8. The van der Waals surface area contributed by atoms with Crippen molar-refractivity contribution >= 4 is 12.0 Å². The molecule has 0 saturated heterocycles. The topological polar surface area (TPSA) is 69.6 Å². The molecule has 0 radical (unpaired) electrons. The average Bonchev–Trinajstić information content (AvgIpc) is 2.32. The van der Waals surface area contributed by atoms with Gasteiger partial charge in [0.25, 0.3) is 0 Å². The zero-order valence-corrected chi connectivity index (χ0v) is 14.3. The van der Waals surface area contributed by atoms with Gasteiger partial charge in [0.2, 0.25) is 0 Å². The SMILES string of the molecule is CC(C)CC(C)N(C)C(=O)NC[C@H](CC(=O)O)CC(C)C. The maximum Gasteiger partial charge on any atom is 0.317 e. The van der Waals surface area contributed by atoms with E-state index in [9.17, 15) is 9.59 Å². The van der Waals surface area contributed by atoms with Crippen LogP contribution in [0.15, 0.2) is 0 Å². The number of carboxylic acid groups (broad SMARTS) is 1. The standard InChI is InChI=1S/C16H32N2O3/c1-11(2)7-13(5)18(6)16(21)17-10-14(8-12(3)4)9-15(19)20/h11-14H,7-10H2,1-6H3,(H,17,21)(H,19,20)/t13?,14-/m0/s1. The maximum atomic E-state index is 12.1. The minimum Gasteiger partial charge on any atom is -0.481 e. The van der Waals surface area contributed by atoms with Crippen molar-refractivity contribution in [3.05, 3.63) is 0 Å². The third kappa shape index (κ3) is 9.32. The normalized spacial score (nSPS) is 14.1. The van der Waals surface area contributed by atoms with Gasteiger partial charge in [-0.25, -0.2) is 4.79 Å². The molecule has 0 aromatic rings. The molecule has 21 heavy (non-hydrogen) atoms. The Morgan fingerprint density at radius 3 is 2.00 bits per heavy atom. The van der Waals surface area contributed by atoms with Crippen molar-refractivity contribution in [1.29, 1.82) is 0 Å². The number of hydrogen-bond acceptors (Lipinski definition) is 2. The Bertz CT molecular complexity index is 329. The van der Waals surface area contributed by atoms with Crippen molar-refractivity contribution in [2.45, 2.75) is 59.9 Å². The highest BCUT2D eigenvalue weighted by molar-refractivity contribution is 5.74. The molecule has 1 unspecified atom stereocenters. The predicted molar refractivity (Wildman–Crippen MR) is 85.3 cm³/mol. The van der Waals surface area contributed by atoms with E-state index < -0.39 is 5.97 Å². The van der Waals surface area contributed by atoms with E-state index in [-0.39, 0.29) is 24.4 Å². The summed E-state index contributed by atoms with van der Waals surface area (Å²) in [4.78, 5) is 24.7. The molecule has 0 bridgehead atoms. The van der Waals surface area contributed by atoms with Crippen LogP contribution in [0.4, 0.5) is 4.79 Å². The van der Waals surface area contributed by atoms with Crippen molar-refractivity contribution in [1.82, 2.24) is 10.2 Å². The summed E-state index contributed by atoms with van der Waals surface area (Å²) < 4.78 is 0. The molecule has 0 spiro atoms. The van der Waals surface area contributed by atoms with Crippen LogP contribution < -0.4 is 5.32 Å². The Morgan fingerprint density at radius 2 is 1.57 bits per heavy atom. The molecule has 0 aromatic carbocycles. The van der Waals surface area contributed by atoms with Gasteiger partial charge in [-0.05, 0) is 37.5 Å². The number of carboxylic acids is 1. The Kier molecular flexibility index (Phi) is 9.06. The summed E-state index contributed by atoms with van der Waals surface area (Å²) in [7, 11) is 1.79. The third-order valence-corrected chi connectivity index (χ3v) is 3.60. The van der Waals surface area contributed by atoms with Crippen molar-refractivity contribution in [3.8, 4) is 0 Å². The molecule has 2 N–H and O–H groups in total. The highest BCUT2D eigenvalue weighted by Crippen LogP contribution is 2.15. The van der Waals surface area contributed by atoms with Crippen LogP contribution in [0.3, 0.4) is 0 Å². The number of amides is 2. The molecular formula is C16H32N2O3. The van der Waals surface area contributed by atoms with Crippen LogP contribution in [0.1, 0.15) is 53.9 Å². The van der Waals surface area contributed by atoms with Gasteiger partial charge in [0.05, 0.1) is 0 Å². The number of urea groups is 1. The molecule has 0 aliphatic rings. The Hall–Kier alpha value is -1.26. The highest BCUT2D eigenvalue weighted by atomic mass is 16.4. The van der Waals surface area contributed by atoms with Crippen LogP contribution >= 0.6 is 0 Å². The van der Waals surface area contributed by atoms with E-state index in [0.29, 0.717) is 18.4 Å². The second kappa shape index (κ2) is 9.64. The first kappa shape index (κ1) is 19.7. The first-order chi connectivity index (χ1) is 9.63. The number of aliphatic carboxylic acids is 1. The first-order valence-electron chi connectivity index (χ1n) is 7.85. The Balaban J connectivity index is 4.36. The number of hydrogen-bond donors (Lipinski definition) is 2. The quantitative estimate of drug-likeness (QED) is 0.687. The Labute approximate surface area is 129 Å². The van der Waals surface area contributed by atoms with Crippen LogP contribution in [0.5, 0.6) is 0 Å². The minimum atomic E-state index is -0.809. The largest absolute Gasteiger partial charge is 0.481 e. The molecule has 5 heteroatoms. The minimum absolute atomic E-state index is 0.0137. The fourth-order valence-electron chi connectivity index (χ4n) is 2.55. The maximum absolute atomic E-state index is 12.1. The van der Waals surface area contributed by atoms with E-state index in [1.807, 2.05) is 6.92 Å². The summed E-state index contributed by atoms with van der Waals surface area (Å²) in [5.74, 6) is 0.136. The molecule has 2 atom stereocenters. The first-order valence-corrected chi connectivity index (χ1v) is 7.85. The Morgan fingerprint density at radius 1 is 1.05 bits per heavy atom. The van der Waals surface area contributed by atoms with Gasteiger partial charge in [-0.1, -0.05) is 27.7 Å². The lowest BCUT2D eigenvalue weighted by Crippen LogP contribution is -2.44. The molecule has 0 saturated carbocycles. The molecular weight excluding hydrogens is 268 g/mol. The summed E-state index contributed by atoms with van der Waals surface area (Å²) in [6, 6.07) is 0.0512. The van der Waals surface area contributed by atoms with E-state index >= 15 is 0 Å². The van der Waals surface area contributed by atoms with Crippen LogP contribution in [-0.4, -0.2) is 41.6 Å². The zero-order chi connectivity index (χ0) is 16.6. The van der Waals surface area contributed by atoms with E-state index in [4.69, 9.17) is 5.11 Å². The smallest absolute Gasteiger partial charge is 0.317 e. The summed E-state index contributed by atoms with van der Waals surface area (Å²) >= 11 is 0. The molecule has 5 nitrogen and oxygen atoms in total. The monoisotopic (exact) mass is 300 g/mol. The lowest BCUT2D eigenvalue weighted by Gasteiger charge is -2.27. The van der Waals surface area contributed by atoms with Gasteiger partial charge in [0.1, 0.15) is 0 Å². The predicted octanol–water partition coefficient (Wildman–Crippen LogP) is 3.20.